The Hall–Kier alpha value is -2.17. The lowest BCUT2D eigenvalue weighted by molar-refractivity contribution is -0.402. The molecule has 0 aliphatic heterocycles. The molecule has 0 fully saturated rings. The molecular weight excluding hydrogens is 698 g/mol. The topological polar surface area (TPSA) is 210 Å². The van der Waals surface area contributed by atoms with Gasteiger partial charge in [-0.2, -0.15) is 0 Å². The molecule has 0 aliphatic rings. The molecule has 2 unspecified atom stereocenters. The minimum atomic E-state index is -3.28. The number of nitro groups is 2. The van der Waals surface area contributed by atoms with Crippen LogP contribution in [0.15, 0.2) is 33.1 Å². The average molecular weight is 749 g/mol. The Morgan fingerprint density at radius 2 is 1.21 bits per heavy atom. The molecule has 0 spiro atoms. The van der Waals surface area contributed by atoms with Crippen LogP contribution >= 0.6 is 26.6 Å². The van der Waals surface area contributed by atoms with Crippen molar-refractivity contribution in [1.29, 1.82) is 0 Å². The summed E-state index contributed by atoms with van der Waals surface area (Å²) in [6.45, 7) is 5.44. The number of rotatable bonds is 25. The van der Waals surface area contributed by atoms with Gasteiger partial charge in [0, 0.05) is 38.8 Å². The largest absolute Gasteiger partial charge is 0.433 e. The van der Waals surface area contributed by atoms with Gasteiger partial charge in [0.15, 0.2) is 0 Å². The quantitative estimate of drug-likeness (QED) is 0.0343. The molecule has 2 aromatic rings. The summed E-state index contributed by atoms with van der Waals surface area (Å²) in [7, 11) is -3.18. The van der Waals surface area contributed by atoms with E-state index >= 15 is 0 Å². The summed E-state index contributed by atoms with van der Waals surface area (Å²) in [6.07, 6.45) is 3.50. The van der Waals surface area contributed by atoms with Gasteiger partial charge in [0.2, 0.25) is 0 Å². The minimum absolute atomic E-state index is 0. The van der Waals surface area contributed by atoms with Crippen LogP contribution in [-0.2, 0) is 40.9 Å². The number of nitrogens with zero attached hydrogens (tertiary/aromatic N) is 4. The lowest BCUT2D eigenvalue weighted by atomic mass is 10.3. The standard InChI is InChI=1S/C14H24ClN2O6P.C13H23N2O7P.CH4/c1-3-10-21-12-24(20,16(2)9-5-4-8-15)22-11-13-6-7-14(23-13)17(18)19;1-3-9-20-11-23(19,14(2)7-4-8-16)21-10-12-5-6-13(22-12)15(17)18;/h6-7H,3-5,8-12H2,1-2H3;5-6,16H,3-4,7-11H2,1-2H3;1H4. The highest BCUT2D eigenvalue weighted by Crippen LogP contribution is 2.51. The molecule has 2 aromatic heterocycles. The average Bonchev–Trinajstić information content (AvgIpc) is 3.73. The number of hydrogen-bond donors (Lipinski definition) is 1. The molecule has 20 heteroatoms. The summed E-state index contributed by atoms with van der Waals surface area (Å²) in [5.74, 6) is 0.228. The van der Waals surface area contributed by atoms with Crippen LogP contribution in [0, 0.1) is 20.2 Å². The van der Waals surface area contributed by atoms with Gasteiger partial charge < -0.3 is 32.5 Å². The maximum atomic E-state index is 13.1. The lowest BCUT2D eigenvalue weighted by Gasteiger charge is -2.27. The van der Waals surface area contributed by atoms with Crippen molar-refractivity contribution in [2.24, 2.45) is 0 Å². The van der Waals surface area contributed by atoms with Crippen molar-refractivity contribution in [3.8, 4) is 0 Å². The number of furan rings is 2. The summed E-state index contributed by atoms with van der Waals surface area (Å²) in [4.78, 5) is 19.9. The highest BCUT2D eigenvalue weighted by Gasteiger charge is 2.31. The Balaban J connectivity index is 0.000000902. The molecular formula is C28H51ClN4O13P2. The van der Waals surface area contributed by atoms with Crippen molar-refractivity contribution in [1.82, 2.24) is 9.34 Å². The van der Waals surface area contributed by atoms with Crippen LogP contribution in [0.1, 0.15) is 64.9 Å². The molecule has 2 heterocycles. The fraction of sp³-hybridized carbons (Fsp3) is 0.714. The number of hydrogen-bond acceptors (Lipinski definition) is 13. The summed E-state index contributed by atoms with van der Waals surface area (Å²) >= 11 is 5.66. The molecule has 1 N–H and O–H groups in total. The highest BCUT2D eigenvalue weighted by molar-refractivity contribution is 7.56. The molecule has 278 valence electrons. The number of ether oxygens (including phenoxy) is 2. The van der Waals surface area contributed by atoms with Gasteiger partial charge in [-0.15, -0.1) is 11.6 Å². The number of alkyl halides is 1. The Morgan fingerprint density at radius 1 is 0.792 bits per heavy atom. The third-order valence-corrected chi connectivity index (χ3v) is 11.1. The third kappa shape index (κ3) is 17.0. The summed E-state index contributed by atoms with van der Waals surface area (Å²) in [6, 6.07) is 5.29. The van der Waals surface area contributed by atoms with Gasteiger partial charge in [-0.05, 0) is 58.3 Å². The second kappa shape index (κ2) is 24.9. The van der Waals surface area contributed by atoms with E-state index in [9.17, 15) is 29.4 Å². The zero-order chi connectivity index (χ0) is 35.3. The second-order valence-electron chi connectivity index (χ2n) is 10.1. The zero-order valence-electron chi connectivity index (χ0n) is 27.3. The van der Waals surface area contributed by atoms with Crippen molar-refractivity contribution in [3.63, 3.8) is 0 Å². The molecule has 2 atom stereocenters. The number of unbranched alkanes of at least 4 members (excludes halogenated alkanes) is 1. The Kier molecular flexibility index (Phi) is 23.8. The van der Waals surface area contributed by atoms with Gasteiger partial charge in [0.25, 0.3) is 15.0 Å². The van der Waals surface area contributed by atoms with Crippen molar-refractivity contribution < 1.29 is 51.4 Å². The maximum Gasteiger partial charge on any atom is 0.433 e. The first-order valence-corrected chi connectivity index (χ1v) is 19.1. The second-order valence-corrected chi connectivity index (χ2v) is 15.5. The van der Waals surface area contributed by atoms with E-state index in [2.05, 4.69) is 0 Å². The SMILES string of the molecule is C.CCCOCP(=O)(OCc1ccc([N+](=O)[O-])o1)N(C)CCCCCl.CCCOCP(=O)(OCc1ccc([N+](=O)[O-])o1)N(C)CCCO. The Bertz CT molecular complexity index is 1280. The number of aliphatic hydroxyl groups is 1. The van der Waals surface area contributed by atoms with Crippen molar-refractivity contribution >= 4 is 38.4 Å². The molecule has 0 aromatic carbocycles. The van der Waals surface area contributed by atoms with Crippen LogP contribution in [-0.4, -0.2) is 89.9 Å². The van der Waals surface area contributed by atoms with E-state index in [0.29, 0.717) is 38.6 Å². The number of halogens is 1. The number of aliphatic hydroxyl groups excluding tert-OH is 1. The summed E-state index contributed by atoms with van der Waals surface area (Å²) < 4.78 is 60.9. The van der Waals surface area contributed by atoms with Crippen LogP contribution in [0.2, 0.25) is 0 Å². The first-order chi connectivity index (χ1) is 22.3. The van der Waals surface area contributed by atoms with Crippen LogP contribution in [0.3, 0.4) is 0 Å². The van der Waals surface area contributed by atoms with Gasteiger partial charge in [-0.25, -0.2) is 9.34 Å². The first-order valence-electron chi connectivity index (χ1n) is 15.0. The molecule has 2 rings (SSSR count). The Labute approximate surface area is 287 Å². The smallest absolute Gasteiger partial charge is 0.403 e. The van der Waals surface area contributed by atoms with Crippen LogP contribution in [0.5, 0.6) is 0 Å². The van der Waals surface area contributed by atoms with Crippen molar-refractivity contribution in [2.75, 3.05) is 65.6 Å². The first kappa shape index (κ1) is 45.8. The predicted octanol–water partition coefficient (Wildman–Crippen LogP) is 7.46. The summed E-state index contributed by atoms with van der Waals surface area (Å²) in [5, 5.41) is 30.1. The van der Waals surface area contributed by atoms with E-state index in [1.807, 2.05) is 13.8 Å². The van der Waals surface area contributed by atoms with Crippen LogP contribution in [0.4, 0.5) is 11.8 Å². The fourth-order valence-electron chi connectivity index (χ4n) is 3.57. The highest BCUT2D eigenvalue weighted by atomic mass is 35.5. The molecule has 0 aliphatic carbocycles. The minimum Gasteiger partial charge on any atom is -0.403 e. The zero-order valence-corrected chi connectivity index (χ0v) is 29.9. The predicted molar refractivity (Wildman–Crippen MR) is 181 cm³/mol. The molecule has 0 saturated carbocycles. The van der Waals surface area contributed by atoms with Crippen LogP contribution in [0.25, 0.3) is 0 Å². The van der Waals surface area contributed by atoms with E-state index < -0.39 is 30.8 Å². The molecule has 0 radical (unpaired) electrons. The van der Waals surface area contributed by atoms with Crippen LogP contribution < -0.4 is 0 Å². The lowest BCUT2D eigenvalue weighted by Crippen LogP contribution is -2.22. The molecule has 0 saturated heterocycles. The van der Waals surface area contributed by atoms with E-state index in [-0.39, 0.29) is 57.3 Å². The Morgan fingerprint density at radius 3 is 1.54 bits per heavy atom. The van der Waals surface area contributed by atoms with Gasteiger partial charge in [0.05, 0.1) is 12.1 Å². The van der Waals surface area contributed by atoms with Gasteiger partial charge >= 0.3 is 11.8 Å². The van der Waals surface area contributed by atoms with E-state index in [4.69, 9.17) is 44.1 Å². The van der Waals surface area contributed by atoms with Crippen molar-refractivity contribution in [3.05, 3.63) is 56.0 Å². The normalized spacial score (nSPS) is 13.8. The van der Waals surface area contributed by atoms with E-state index in [1.165, 1.54) is 28.9 Å². The van der Waals surface area contributed by atoms with Gasteiger partial charge in [-0.3, -0.25) is 29.4 Å². The fourth-order valence-corrected chi connectivity index (χ4v) is 6.97. The van der Waals surface area contributed by atoms with E-state index in [1.54, 1.807) is 18.8 Å². The van der Waals surface area contributed by atoms with Gasteiger partial charge in [0.1, 0.15) is 47.3 Å². The molecule has 48 heavy (non-hydrogen) atoms. The molecule has 17 nitrogen and oxygen atoms in total. The monoisotopic (exact) mass is 748 g/mol. The van der Waals surface area contributed by atoms with Gasteiger partial charge in [-0.1, -0.05) is 21.3 Å². The maximum absolute atomic E-state index is 13.1. The molecule has 0 bridgehead atoms. The summed E-state index contributed by atoms with van der Waals surface area (Å²) in [5.41, 5.74) is 0. The van der Waals surface area contributed by atoms with E-state index in [0.717, 1.165) is 25.7 Å². The molecule has 0 amide bonds. The third-order valence-electron chi connectivity index (χ3n) is 6.22. The van der Waals surface area contributed by atoms with Crippen molar-refractivity contribution in [2.45, 2.75) is 66.6 Å².